The number of nitrogens with zero attached hydrogens (tertiary/aromatic N) is 4. The molecule has 6 heteroatoms. The Bertz CT molecular complexity index is 597. The van der Waals surface area contributed by atoms with Gasteiger partial charge in [-0.05, 0) is 60.4 Å². The minimum absolute atomic E-state index is 0.148. The van der Waals surface area contributed by atoms with E-state index in [2.05, 4.69) is 21.9 Å². The van der Waals surface area contributed by atoms with E-state index in [0.717, 1.165) is 43.6 Å². The van der Waals surface area contributed by atoms with Crippen LogP contribution in [0.25, 0.3) is 0 Å². The first-order valence-corrected chi connectivity index (χ1v) is 9.22. The summed E-state index contributed by atoms with van der Waals surface area (Å²) >= 11 is 0. The third-order valence-electron chi connectivity index (χ3n) is 5.18. The van der Waals surface area contributed by atoms with Gasteiger partial charge in [-0.3, -0.25) is 14.9 Å². The molecule has 2 atom stereocenters. The molecule has 2 aliphatic heterocycles. The fourth-order valence-electron chi connectivity index (χ4n) is 4.01. The number of fused-ring (bicyclic) bond motifs is 2. The first-order chi connectivity index (χ1) is 11.7. The number of amides is 1. The van der Waals surface area contributed by atoms with Gasteiger partial charge in [-0.25, -0.2) is 4.79 Å². The summed E-state index contributed by atoms with van der Waals surface area (Å²) in [7, 11) is 2.15. The highest BCUT2D eigenvalue weighted by Gasteiger charge is 2.45. The van der Waals surface area contributed by atoms with Crippen molar-refractivity contribution in [3.8, 4) is 0 Å². The Balaban J connectivity index is 1.61. The molecule has 3 heterocycles. The zero-order valence-electron chi connectivity index (χ0n) is 16.0. The Labute approximate surface area is 150 Å². The zero-order chi connectivity index (χ0) is 18.2. The SMILES string of the molecule is Cc1cnc(CN(C)C2CC3CCC(C2)N3C(=O)OC(C)(C)C)cn1. The number of piperidine rings is 1. The van der Waals surface area contributed by atoms with Crippen molar-refractivity contribution in [2.75, 3.05) is 7.05 Å². The number of ether oxygens (including phenoxy) is 1. The molecular weight excluding hydrogens is 316 g/mol. The van der Waals surface area contributed by atoms with E-state index < -0.39 is 5.60 Å². The standard InChI is InChI=1S/C19H30N4O2/c1-13-10-21-14(11-20-13)12-22(5)17-8-15-6-7-16(9-17)23(15)18(24)25-19(2,3)4/h10-11,15-17H,6-9,12H2,1-5H3. The number of carbonyl (C=O) groups is 1. The third-order valence-corrected chi connectivity index (χ3v) is 5.18. The molecule has 6 nitrogen and oxygen atoms in total. The quantitative estimate of drug-likeness (QED) is 0.841. The summed E-state index contributed by atoms with van der Waals surface area (Å²) in [5, 5.41) is 0. The number of hydrogen-bond donors (Lipinski definition) is 0. The van der Waals surface area contributed by atoms with Gasteiger partial charge in [-0.1, -0.05) is 0 Å². The first-order valence-electron chi connectivity index (χ1n) is 9.22. The van der Waals surface area contributed by atoms with Crippen LogP contribution >= 0.6 is 0 Å². The first kappa shape index (κ1) is 18.1. The molecule has 2 aliphatic rings. The van der Waals surface area contributed by atoms with Gasteiger partial charge in [0.1, 0.15) is 5.60 Å². The molecular formula is C19H30N4O2. The van der Waals surface area contributed by atoms with Crippen LogP contribution in [-0.2, 0) is 11.3 Å². The van der Waals surface area contributed by atoms with Crippen molar-refractivity contribution < 1.29 is 9.53 Å². The predicted octanol–water partition coefficient (Wildman–Crippen LogP) is 3.15. The Morgan fingerprint density at radius 3 is 2.40 bits per heavy atom. The monoisotopic (exact) mass is 346 g/mol. The van der Waals surface area contributed by atoms with E-state index in [1.54, 1.807) is 0 Å². The maximum absolute atomic E-state index is 12.5. The van der Waals surface area contributed by atoms with Gasteiger partial charge in [0.2, 0.25) is 0 Å². The van der Waals surface area contributed by atoms with E-state index in [4.69, 9.17) is 4.74 Å². The lowest BCUT2D eigenvalue weighted by atomic mass is 9.96. The van der Waals surface area contributed by atoms with Crippen molar-refractivity contribution in [3.05, 3.63) is 23.8 Å². The van der Waals surface area contributed by atoms with Gasteiger partial charge in [0, 0.05) is 37.1 Å². The normalized spacial score (nSPS) is 26.2. The summed E-state index contributed by atoms with van der Waals surface area (Å²) < 4.78 is 5.62. The number of aromatic nitrogens is 2. The lowest BCUT2D eigenvalue weighted by Gasteiger charge is -2.42. The van der Waals surface area contributed by atoms with E-state index in [1.807, 2.05) is 45.0 Å². The molecule has 1 aromatic rings. The predicted molar refractivity (Wildman–Crippen MR) is 96.1 cm³/mol. The molecule has 138 valence electrons. The molecule has 0 radical (unpaired) electrons. The highest BCUT2D eigenvalue weighted by Crippen LogP contribution is 2.38. The van der Waals surface area contributed by atoms with Crippen LogP contribution < -0.4 is 0 Å². The number of carbonyl (C=O) groups excluding carboxylic acids is 1. The maximum Gasteiger partial charge on any atom is 0.410 e. The van der Waals surface area contributed by atoms with Crippen LogP contribution in [0.4, 0.5) is 4.79 Å². The van der Waals surface area contributed by atoms with Crippen LogP contribution in [0.2, 0.25) is 0 Å². The van der Waals surface area contributed by atoms with Crippen LogP contribution in [0.15, 0.2) is 12.4 Å². The zero-order valence-corrected chi connectivity index (χ0v) is 16.0. The summed E-state index contributed by atoms with van der Waals surface area (Å²) in [5.41, 5.74) is 1.50. The van der Waals surface area contributed by atoms with Gasteiger partial charge in [0.05, 0.1) is 11.4 Å². The summed E-state index contributed by atoms with van der Waals surface area (Å²) in [4.78, 5) is 25.7. The number of rotatable bonds is 3. The van der Waals surface area contributed by atoms with Crippen molar-refractivity contribution in [1.29, 1.82) is 0 Å². The topological polar surface area (TPSA) is 58.6 Å². The van der Waals surface area contributed by atoms with Crippen LogP contribution in [0.3, 0.4) is 0 Å². The smallest absolute Gasteiger partial charge is 0.410 e. The lowest BCUT2D eigenvalue weighted by Crippen LogP contribution is -2.52. The molecule has 1 aromatic heterocycles. The van der Waals surface area contributed by atoms with E-state index in [0.29, 0.717) is 18.1 Å². The molecule has 1 amide bonds. The molecule has 2 unspecified atom stereocenters. The van der Waals surface area contributed by atoms with E-state index >= 15 is 0 Å². The van der Waals surface area contributed by atoms with Gasteiger partial charge in [-0.15, -0.1) is 0 Å². The van der Waals surface area contributed by atoms with E-state index in [9.17, 15) is 4.79 Å². The van der Waals surface area contributed by atoms with Crippen molar-refractivity contribution in [2.45, 2.75) is 83.6 Å². The van der Waals surface area contributed by atoms with Crippen molar-refractivity contribution >= 4 is 6.09 Å². The summed E-state index contributed by atoms with van der Waals surface area (Å²) in [6, 6.07) is 1.06. The van der Waals surface area contributed by atoms with Gasteiger partial charge >= 0.3 is 6.09 Å². The Hall–Kier alpha value is -1.69. The fourth-order valence-corrected chi connectivity index (χ4v) is 4.01. The molecule has 0 saturated carbocycles. The fraction of sp³-hybridized carbons (Fsp3) is 0.737. The lowest BCUT2D eigenvalue weighted by molar-refractivity contribution is -0.00286. The molecule has 2 fully saturated rings. The summed E-state index contributed by atoms with van der Waals surface area (Å²) in [6.07, 6.45) is 7.70. The molecule has 0 aromatic carbocycles. The number of hydrogen-bond acceptors (Lipinski definition) is 5. The second kappa shape index (κ2) is 6.90. The second-order valence-corrected chi connectivity index (χ2v) is 8.46. The van der Waals surface area contributed by atoms with Crippen LogP contribution in [-0.4, -0.2) is 56.6 Å². The van der Waals surface area contributed by atoms with Gasteiger partial charge in [0.25, 0.3) is 0 Å². The van der Waals surface area contributed by atoms with Crippen LogP contribution in [0, 0.1) is 6.92 Å². The Kier molecular flexibility index (Phi) is 5.00. The minimum atomic E-state index is -0.436. The van der Waals surface area contributed by atoms with Crippen molar-refractivity contribution in [3.63, 3.8) is 0 Å². The molecule has 2 saturated heterocycles. The third kappa shape index (κ3) is 4.29. The largest absolute Gasteiger partial charge is 0.444 e. The highest BCUT2D eigenvalue weighted by atomic mass is 16.6. The van der Waals surface area contributed by atoms with Gasteiger partial charge < -0.3 is 9.64 Å². The molecule has 2 bridgehead atoms. The Morgan fingerprint density at radius 1 is 1.24 bits per heavy atom. The molecule has 25 heavy (non-hydrogen) atoms. The summed E-state index contributed by atoms with van der Waals surface area (Å²) in [6.45, 7) is 8.52. The van der Waals surface area contributed by atoms with Gasteiger partial charge in [0.15, 0.2) is 0 Å². The molecule has 0 aliphatic carbocycles. The molecule has 3 rings (SSSR count). The molecule has 0 spiro atoms. The van der Waals surface area contributed by atoms with Crippen molar-refractivity contribution in [1.82, 2.24) is 19.8 Å². The minimum Gasteiger partial charge on any atom is -0.444 e. The maximum atomic E-state index is 12.5. The van der Waals surface area contributed by atoms with Crippen LogP contribution in [0.1, 0.15) is 57.8 Å². The second-order valence-electron chi connectivity index (χ2n) is 8.46. The molecule has 0 N–H and O–H groups in total. The number of aryl methyl sites for hydroxylation is 1. The Morgan fingerprint density at radius 2 is 1.88 bits per heavy atom. The average molecular weight is 346 g/mol. The average Bonchev–Trinajstić information content (AvgIpc) is 2.78. The highest BCUT2D eigenvalue weighted by molar-refractivity contribution is 5.69. The van der Waals surface area contributed by atoms with Crippen molar-refractivity contribution in [2.24, 2.45) is 0 Å². The van der Waals surface area contributed by atoms with Crippen LogP contribution in [0.5, 0.6) is 0 Å². The van der Waals surface area contributed by atoms with E-state index in [-0.39, 0.29) is 6.09 Å². The van der Waals surface area contributed by atoms with E-state index in [1.165, 1.54) is 0 Å². The summed E-state index contributed by atoms with van der Waals surface area (Å²) in [5.74, 6) is 0. The van der Waals surface area contributed by atoms with Gasteiger partial charge in [-0.2, -0.15) is 0 Å².